The van der Waals surface area contributed by atoms with Crippen LogP contribution >= 0.6 is 0 Å². The third-order valence-electron chi connectivity index (χ3n) is 6.34. The number of H-pyrrole nitrogens is 1. The molecule has 28 heavy (non-hydrogen) atoms. The minimum absolute atomic E-state index is 0.0902. The van der Waals surface area contributed by atoms with Crippen LogP contribution in [-0.4, -0.2) is 70.4 Å². The van der Waals surface area contributed by atoms with Crippen LogP contribution in [0.2, 0.25) is 0 Å². The molecule has 0 unspecified atom stereocenters. The molecular weight excluding hydrogens is 356 g/mol. The Balaban J connectivity index is 1.65. The van der Waals surface area contributed by atoms with Gasteiger partial charge < -0.3 is 19.5 Å². The average molecular weight is 384 g/mol. The number of nitrogens with zero attached hydrogens (tertiary/aromatic N) is 3. The fourth-order valence-corrected chi connectivity index (χ4v) is 4.49. The van der Waals surface area contributed by atoms with E-state index in [1.807, 2.05) is 25.1 Å². The SMILES string of the molecule is CCN(CC)CCN1C(=O)N2Cc3[nH]c4ccc(OC)cc4c3C[C@@]2(C)C1=O. The molecule has 2 aromatic rings. The Kier molecular flexibility index (Phi) is 4.57. The van der Waals surface area contributed by atoms with E-state index in [1.54, 1.807) is 12.0 Å². The second-order valence-corrected chi connectivity index (χ2v) is 7.80. The van der Waals surface area contributed by atoms with Crippen LogP contribution in [0.15, 0.2) is 18.2 Å². The number of benzene rings is 1. The van der Waals surface area contributed by atoms with Crippen molar-refractivity contribution in [1.29, 1.82) is 0 Å². The summed E-state index contributed by atoms with van der Waals surface area (Å²) in [5.41, 5.74) is 2.30. The Bertz CT molecular complexity index is 933. The van der Waals surface area contributed by atoms with Crippen LogP contribution in [0.1, 0.15) is 32.0 Å². The molecule has 4 rings (SSSR count). The first-order valence-electron chi connectivity index (χ1n) is 9.96. The Labute approximate surface area is 165 Å². The van der Waals surface area contributed by atoms with Gasteiger partial charge in [-0.25, -0.2) is 4.79 Å². The van der Waals surface area contributed by atoms with E-state index in [1.165, 1.54) is 4.90 Å². The zero-order valence-corrected chi connectivity index (χ0v) is 17.0. The van der Waals surface area contributed by atoms with E-state index < -0.39 is 5.54 Å². The van der Waals surface area contributed by atoms with Crippen molar-refractivity contribution in [2.75, 3.05) is 33.3 Å². The molecule has 1 aromatic carbocycles. The van der Waals surface area contributed by atoms with Crippen molar-refractivity contribution in [3.8, 4) is 5.75 Å². The third-order valence-corrected chi connectivity index (χ3v) is 6.34. The van der Waals surface area contributed by atoms with Crippen molar-refractivity contribution in [2.45, 2.75) is 39.3 Å². The van der Waals surface area contributed by atoms with Gasteiger partial charge in [-0.05, 0) is 43.8 Å². The molecule has 2 aliphatic heterocycles. The highest BCUT2D eigenvalue weighted by Gasteiger charge is 2.56. The molecule has 0 aliphatic carbocycles. The monoisotopic (exact) mass is 384 g/mol. The minimum Gasteiger partial charge on any atom is -0.497 e. The topological polar surface area (TPSA) is 68.9 Å². The number of hydrogen-bond acceptors (Lipinski definition) is 4. The van der Waals surface area contributed by atoms with Crippen molar-refractivity contribution < 1.29 is 14.3 Å². The van der Waals surface area contributed by atoms with Gasteiger partial charge in [0.1, 0.15) is 11.3 Å². The summed E-state index contributed by atoms with van der Waals surface area (Å²) in [6, 6.07) is 5.73. The molecule has 0 saturated carbocycles. The van der Waals surface area contributed by atoms with Gasteiger partial charge in [-0.1, -0.05) is 13.8 Å². The van der Waals surface area contributed by atoms with Crippen LogP contribution in [0.4, 0.5) is 4.79 Å². The number of carbonyl (C=O) groups is 2. The number of carbonyl (C=O) groups excluding carboxylic acids is 2. The number of aromatic amines is 1. The highest BCUT2D eigenvalue weighted by Crippen LogP contribution is 2.41. The molecule has 1 saturated heterocycles. The first-order valence-corrected chi connectivity index (χ1v) is 9.96. The summed E-state index contributed by atoms with van der Waals surface area (Å²) < 4.78 is 5.37. The van der Waals surface area contributed by atoms with Gasteiger partial charge in [-0.2, -0.15) is 0 Å². The highest BCUT2D eigenvalue weighted by atomic mass is 16.5. The van der Waals surface area contributed by atoms with Crippen molar-refractivity contribution in [2.24, 2.45) is 0 Å². The number of hydrogen-bond donors (Lipinski definition) is 1. The minimum atomic E-state index is -0.828. The molecule has 150 valence electrons. The number of rotatable bonds is 6. The fourth-order valence-electron chi connectivity index (χ4n) is 4.49. The summed E-state index contributed by atoms with van der Waals surface area (Å²) >= 11 is 0. The molecule has 7 nitrogen and oxygen atoms in total. The summed E-state index contributed by atoms with van der Waals surface area (Å²) in [4.78, 5) is 35.1. The number of methoxy groups -OCH3 is 1. The van der Waals surface area contributed by atoms with Crippen LogP contribution in [0.5, 0.6) is 5.75 Å². The van der Waals surface area contributed by atoms with Crippen LogP contribution < -0.4 is 4.74 Å². The summed E-state index contributed by atoms with van der Waals surface area (Å²) in [5, 5.41) is 1.07. The molecule has 3 heterocycles. The van der Waals surface area contributed by atoms with Crippen LogP contribution in [-0.2, 0) is 17.8 Å². The number of urea groups is 1. The molecule has 1 fully saturated rings. The maximum atomic E-state index is 13.3. The fraction of sp³-hybridized carbons (Fsp3) is 0.524. The predicted octanol–water partition coefficient (Wildman–Crippen LogP) is 2.60. The molecule has 3 amide bonds. The third kappa shape index (κ3) is 2.68. The molecule has 0 radical (unpaired) electrons. The van der Waals surface area contributed by atoms with Gasteiger partial charge in [0, 0.05) is 36.1 Å². The lowest BCUT2D eigenvalue weighted by molar-refractivity contribution is -0.133. The number of nitrogens with one attached hydrogen (secondary N) is 1. The lowest BCUT2D eigenvalue weighted by Gasteiger charge is -2.35. The van der Waals surface area contributed by atoms with Gasteiger partial charge in [0.25, 0.3) is 5.91 Å². The number of ether oxygens (including phenoxy) is 1. The van der Waals surface area contributed by atoms with Crippen molar-refractivity contribution in [3.63, 3.8) is 0 Å². The van der Waals surface area contributed by atoms with E-state index in [2.05, 4.69) is 23.7 Å². The highest BCUT2D eigenvalue weighted by molar-refractivity contribution is 6.07. The van der Waals surface area contributed by atoms with Gasteiger partial charge >= 0.3 is 6.03 Å². The zero-order valence-electron chi connectivity index (χ0n) is 17.0. The number of imide groups is 1. The van der Waals surface area contributed by atoms with Crippen LogP contribution in [0, 0.1) is 0 Å². The smallest absolute Gasteiger partial charge is 0.328 e. The van der Waals surface area contributed by atoms with Crippen molar-refractivity contribution in [1.82, 2.24) is 19.7 Å². The Hall–Kier alpha value is -2.54. The Morgan fingerprint density at radius 3 is 2.68 bits per heavy atom. The van der Waals surface area contributed by atoms with Gasteiger partial charge in [0.2, 0.25) is 0 Å². The molecule has 1 N–H and O–H groups in total. The van der Waals surface area contributed by atoms with Crippen molar-refractivity contribution >= 4 is 22.8 Å². The van der Waals surface area contributed by atoms with E-state index in [0.29, 0.717) is 26.1 Å². The molecular formula is C21H28N4O3. The first-order chi connectivity index (χ1) is 13.4. The molecule has 7 heteroatoms. The van der Waals surface area contributed by atoms with Gasteiger partial charge in [0.05, 0.1) is 13.7 Å². The Morgan fingerprint density at radius 1 is 1.25 bits per heavy atom. The number of amides is 3. The normalized spacial score (nSPS) is 21.6. The second-order valence-electron chi connectivity index (χ2n) is 7.80. The number of aromatic nitrogens is 1. The molecule has 1 aromatic heterocycles. The number of fused-ring (bicyclic) bond motifs is 4. The Morgan fingerprint density at radius 2 is 2.00 bits per heavy atom. The van der Waals surface area contributed by atoms with Crippen LogP contribution in [0.3, 0.4) is 0 Å². The summed E-state index contributed by atoms with van der Waals surface area (Å²) in [5.74, 6) is 0.698. The largest absolute Gasteiger partial charge is 0.497 e. The van der Waals surface area contributed by atoms with Gasteiger partial charge in [-0.15, -0.1) is 0 Å². The summed E-state index contributed by atoms with van der Waals surface area (Å²) in [7, 11) is 1.65. The zero-order chi connectivity index (χ0) is 20.1. The average Bonchev–Trinajstić information content (AvgIpc) is 3.13. The summed E-state index contributed by atoms with van der Waals surface area (Å²) in [6.45, 7) is 9.47. The lowest BCUT2D eigenvalue weighted by Crippen LogP contribution is -2.51. The molecule has 0 spiro atoms. The number of likely N-dealkylation sites (N-methyl/N-ethyl adjacent to an activating group) is 1. The van der Waals surface area contributed by atoms with E-state index in [4.69, 9.17) is 4.74 Å². The predicted molar refractivity (Wildman–Crippen MR) is 107 cm³/mol. The molecule has 1 atom stereocenters. The molecule has 2 aliphatic rings. The first kappa shape index (κ1) is 18.8. The standard InChI is InChI=1S/C21H28N4O3/c1-5-23(6-2)9-10-24-19(26)21(3)12-16-15-11-14(28-4)7-8-17(15)22-18(16)13-25(21)20(24)27/h7-8,11,22H,5-6,9-10,12-13H2,1-4H3/t21-/m0/s1. The van der Waals surface area contributed by atoms with Crippen LogP contribution in [0.25, 0.3) is 10.9 Å². The maximum Gasteiger partial charge on any atom is 0.328 e. The van der Waals surface area contributed by atoms with E-state index in [9.17, 15) is 9.59 Å². The van der Waals surface area contributed by atoms with Gasteiger partial charge in [0.15, 0.2) is 0 Å². The van der Waals surface area contributed by atoms with E-state index >= 15 is 0 Å². The van der Waals surface area contributed by atoms with Crippen molar-refractivity contribution in [3.05, 3.63) is 29.5 Å². The summed E-state index contributed by atoms with van der Waals surface area (Å²) in [6.07, 6.45) is 0.516. The van der Waals surface area contributed by atoms with Gasteiger partial charge in [-0.3, -0.25) is 9.69 Å². The van der Waals surface area contributed by atoms with E-state index in [0.717, 1.165) is 41.0 Å². The maximum absolute atomic E-state index is 13.3. The van der Waals surface area contributed by atoms with E-state index in [-0.39, 0.29) is 11.9 Å². The quantitative estimate of drug-likeness (QED) is 0.778. The molecule has 0 bridgehead atoms. The lowest BCUT2D eigenvalue weighted by atomic mass is 9.86. The second kappa shape index (κ2) is 6.81.